The molecular formula is C18H17N3O3S. The maximum absolute atomic E-state index is 12.7. The Bertz CT molecular complexity index is 872. The third-order valence-corrected chi connectivity index (χ3v) is 4.66. The quantitative estimate of drug-likeness (QED) is 0.714. The van der Waals surface area contributed by atoms with Gasteiger partial charge in [0, 0.05) is 18.0 Å². The number of thiazole rings is 1. The topological polar surface area (TPSA) is 73.2 Å². The fraction of sp³-hybridized carbons (Fsp3) is 0.167. The second-order valence-corrected chi connectivity index (χ2v) is 6.33. The molecule has 0 saturated heterocycles. The van der Waals surface area contributed by atoms with Gasteiger partial charge < -0.3 is 14.6 Å². The van der Waals surface area contributed by atoms with Crippen molar-refractivity contribution in [3.63, 3.8) is 0 Å². The first-order chi connectivity index (χ1) is 12.1. The van der Waals surface area contributed by atoms with Gasteiger partial charge in [0.2, 0.25) is 0 Å². The summed E-state index contributed by atoms with van der Waals surface area (Å²) in [4.78, 5) is 29.3. The van der Waals surface area contributed by atoms with Crippen molar-refractivity contribution >= 4 is 23.2 Å². The molecule has 0 fully saturated rings. The van der Waals surface area contributed by atoms with Gasteiger partial charge in [-0.3, -0.25) is 4.79 Å². The van der Waals surface area contributed by atoms with Gasteiger partial charge in [0.05, 0.1) is 12.8 Å². The number of nitrogens with zero attached hydrogens (tertiary/aromatic N) is 2. The fourth-order valence-electron chi connectivity index (χ4n) is 2.32. The molecule has 7 heteroatoms. The van der Waals surface area contributed by atoms with Gasteiger partial charge in [-0.25, -0.2) is 9.78 Å². The van der Waals surface area contributed by atoms with E-state index in [4.69, 9.17) is 0 Å². The number of ether oxygens (including phenoxy) is 1. The number of esters is 1. The smallest absolute Gasteiger partial charge is 0.328 e. The molecule has 3 aromatic rings. The predicted octanol–water partition coefficient (Wildman–Crippen LogP) is 2.89. The third-order valence-electron chi connectivity index (χ3n) is 3.60. The van der Waals surface area contributed by atoms with E-state index in [-0.39, 0.29) is 5.91 Å². The number of methoxy groups -OCH3 is 1. The van der Waals surface area contributed by atoms with Crippen molar-refractivity contribution in [1.82, 2.24) is 14.9 Å². The molecule has 25 heavy (non-hydrogen) atoms. The molecule has 2 heterocycles. The summed E-state index contributed by atoms with van der Waals surface area (Å²) in [6.45, 7) is 1.58. The molecule has 3 rings (SSSR count). The Morgan fingerprint density at radius 3 is 2.48 bits per heavy atom. The summed E-state index contributed by atoms with van der Waals surface area (Å²) in [5.74, 6) is -0.850. The monoisotopic (exact) mass is 355 g/mol. The van der Waals surface area contributed by atoms with Crippen LogP contribution in [0, 0.1) is 0 Å². The second kappa shape index (κ2) is 7.31. The molecular weight excluding hydrogens is 338 g/mol. The van der Waals surface area contributed by atoms with Gasteiger partial charge in [-0.05, 0) is 19.1 Å². The van der Waals surface area contributed by atoms with E-state index in [0.717, 1.165) is 5.56 Å². The van der Waals surface area contributed by atoms with Gasteiger partial charge in [-0.15, -0.1) is 0 Å². The normalized spacial score (nSPS) is 11.8. The molecule has 0 unspecified atom stereocenters. The summed E-state index contributed by atoms with van der Waals surface area (Å²) in [5.41, 5.74) is 1.43. The van der Waals surface area contributed by atoms with Crippen LogP contribution in [0.1, 0.15) is 16.6 Å². The molecule has 0 aliphatic carbocycles. The summed E-state index contributed by atoms with van der Waals surface area (Å²) in [6.07, 6.45) is 3.73. The summed E-state index contributed by atoms with van der Waals surface area (Å²) >= 11 is 1.27. The van der Waals surface area contributed by atoms with E-state index in [9.17, 15) is 9.59 Å². The number of nitrogens with one attached hydrogen (secondary N) is 1. The lowest BCUT2D eigenvalue weighted by Crippen LogP contribution is -2.39. The van der Waals surface area contributed by atoms with Crippen LogP contribution in [0.5, 0.6) is 0 Å². The molecule has 1 N–H and O–H groups in total. The average molecular weight is 355 g/mol. The van der Waals surface area contributed by atoms with E-state index in [1.54, 1.807) is 6.92 Å². The van der Waals surface area contributed by atoms with E-state index in [2.05, 4.69) is 15.0 Å². The highest BCUT2D eigenvalue weighted by Gasteiger charge is 2.23. The predicted molar refractivity (Wildman–Crippen MR) is 95.8 cm³/mol. The van der Waals surface area contributed by atoms with Crippen LogP contribution >= 0.6 is 11.3 Å². The van der Waals surface area contributed by atoms with E-state index >= 15 is 0 Å². The first kappa shape index (κ1) is 16.9. The van der Waals surface area contributed by atoms with Crippen LogP contribution in [0.3, 0.4) is 0 Å². The summed E-state index contributed by atoms with van der Waals surface area (Å²) in [6, 6.07) is 12.5. The number of amides is 1. The molecule has 128 valence electrons. The summed E-state index contributed by atoms with van der Waals surface area (Å²) < 4.78 is 6.50. The van der Waals surface area contributed by atoms with E-state index < -0.39 is 12.0 Å². The van der Waals surface area contributed by atoms with Gasteiger partial charge in [0.25, 0.3) is 5.91 Å². The Kier molecular flexibility index (Phi) is 4.95. The average Bonchev–Trinajstić information content (AvgIpc) is 3.31. The summed E-state index contributed by atoms with van der Waals surface area (Å²) in [7, 11) is 1.29. The molecule has 6 nitrogen and oxygen atoms in total. The van der Waals surface area contributed by atoms with Crippen molar-refractivity contribution in [3.05, 3.63) is 59.7 Å². The van der Waals surface area contributed by atoms with Crippen LogP contribution in [0.2, 0.25) is 0 Å². The van der Waals surface area contributed by atoms with E-state index in [1.807, 2.05) is 59.4 Å². The van der Waals surface area contributed by atoms with Gasteiger partial charge in [0.1, 0.15) is 10.9 Å². The molecule has 0 radical (unpaired) electrons. The van der Waals surface area contributed by atoms with Crippen molar-refractivity contribution in [3.8, 4) is 16.4 Å². The lowest BCUT2D eigenvalue weighted by Gasteiger charge is -2.11. The van der Waals surface area contributed by atoms with Gasteiger partial charge in [-0.1, -0.05) is 41.7 Å². The molecule has 0 bridgehead atoms. The van der Waals surface area contributed by atoms with Gasteiger partial charge >= 0.3 is 5.97 Å². The van der Waals surface area contributed by atoms with Crippen molar-refractivity contribution in [2.75, 3.05) is 7.11 Å². The second-order valence-electron chi connectivity index (χ2n) is 5.35. The Morgan fingerprint density at radius 2 is 1.84 bits per heavy atom. The van der Waals surface area contributed by atoms with Crippen molar-refractivity contribution in [1.29, 1.82) is 0 Å². The number of carbonyl (C=O) groups is 2. The molecule has 0 saturated carbocycles. The summed E-state index contributed by atoms with van der Waals surface area (Å²) in [5, 5.41) is 3.34. The molecule has 0 aliphatic rings. The Hall–Kier alpha value is -2.93. The molecule has 0 spiro atoms. The first-order valence-electron chi connectivity index (χ1n) is 7.68. The number of benzene rings is 1. The van der Waals surface area contributed by atoms with Gasteiger partial charge in [0.15, 0.2) is 5.13 Å². The minimum absolute atomic E-state index is 0.354. The van der Waals surface area contributed by atoms with Crippen LogP contribution in [-0.2, 0) is 9.53 Å². The van der Waals surface area contributed by atoms with Crippen molar-refractivity contribution in [2.24, 2.45) is 0 Å². The number of hydrogen-bond acceptors (Lipinski definition) is 5. The lowest BCUT2D eigenvalue weighted by molar-refractivity contribution is -0.142. The van der Waals surface area contributed by atoms with Crippen LogP contribution in [0.4, 0.5) is 0 Å². The molecule has 0 aliphatic heterocycles. The highest BCUT2D eigenvalue weighted by atomic mass is 32.1. The highest BCUT2D eigenvalue weighted by Crippen LogP contribution is 2.30. The minimum atomic E-state index is -0.738. The zero-order chi connectivity index (χ0) is 17.8. The third kappa shape index (κ3) is 3.61. The maximum Gasteiger partial charge on any atom is 0.328 e. The largest absolute Gasteiger partial charge is 0.467 e. The zero-order valence-corrected chi connectivity index (χ0v) is 14.6. The Balaban J connectivity index is 1.99. The van der Waals surface area contributed by atoms with Crippen LogP contribution in [0.25, 0.3) is 16.4 Å². The standard InChI is InChI=1S/C18H17N3O3S/c1-12(17(23)24-2)19-16(22)15-14(13-8-4-3-5-9-13)20-18(25-15)21-10-6-7-11-21/h3-12H,1-2H3,(H,19,22)/t12-/m0/s1. The molecule has 2 aromatic heterocycles. The molecule has 1 aromatic carbocycles. The Labute approximate surface area is 149 Å². The number of carbonyl (C=O) groups excluding carboxylic acids is 2. The van der Waals surface area contributed by atoms with E-state index in [1.165, 1.54) is 18.4 Å². The fourth-order valence-corrected chi connectivity index (χ4v) is 3.28. The SMILES string of the molecule is COC(=O)[C@H](C)NC(=O)c1sc(-n2cccc2)nc1-c1ccccc1. The first-order valence-corrected chi connectivity index (χ1v) is 8.50. The minimum Gasteiger partial charge on any atom is -0.467 e. The Morgan fingerprint density at radius 1 is 1.16 bits per heavy atom. The zero-order valence-electron chi connectivity index (χ0n) is 13.8. The van der Waals surface area contributed by atoms with Crippen LogP contribution in [-0.4, -0.2) is 34.6 Å². The number of aromatic nitrogens is 2. The molecule has 1 amide bonds. The number of hydrogen-bond donors (Lipinski definition) is 1. The highest BCUT2D eigenvalue weighted by molar-refractivity contribution is 7.16. The van der Waals surface area contributed by atoms with Gasteiger partial charge in [-0.2, -0.15) is 0 Å². The van der Waals surface area contributed by atoms with Crippen molar-refractivity contribution < 1.29 is 14.3 Å². The lowest BCUT2D eigenvalue weighted by atomic mass is 10.1. The van der Waals surface area contributed by atoms with Crippen molar-refractivity contribution in [2.45, 2.75) is 13.0 Å². The van der Waals surface area contributed by atoms with Crippen LogP contribution < -0.4 is 5.32 Å². The van der Waals surface area contributed by atoms with E-state index in [0.29, 0.717) is 15.7 Å². The molecule has 1 atom stereocenters. The van der Waals surface area contributed by atoms with Crippen LogP contribution in [0.15, 0.2) is 54.9 Å². The maximum atomic E-state index is 12.7. The number of rotatable bonds is 5.